The Bertz CT molecular complexity index is 392. The van der Waals surface area contributed by atoms with E-state index in [4.69, 9.17) is 4.74 Å². The number of methoxy groups -OCH3 is 1. The summed E-state index contributed by atoms with van der Waals surface area (Å²) in [6, 6.07) is 0.170. The molecule has 5 atom stereocenters. The lowest BCUT2D eigenvalue weighted by Gasteiger charge is -2.33. The summed E-state index contributed by atoms with van der Waals surface area (Å²) in [6.45, 7) is 1.97. The van der Waals surface area contributed by atoms with Gasteiger partial charge in [-0.2, -0.15) is 0 Å². The number of ether oxygens (including phenoxy) is 1. The van der Waals surface area contributed by atoms with Gasteiger partial charge in [-0.3, -0.25) is 4.21 Å². The highest BCUT2D eigenvalue weighted by atomic mass is 32.2. The van der Waals surface area contributed by atoms with E-state index in [1.807, 2.05) is 6.92 Å². The molecular weight excluding hydrogens is 300 g/mol. The van der Waals surface area contributed by atoms with E-state index >= 15 is 0 Å². The Morgan fingerprint density at radius 3 is 2.64 bits per heavy atom. The van der Waals surface area contributed by atoms with Crippen molar-refractivity contribution in [2.75, 3.05) is 12.9 Å². The molecule has 0 radical (unpaired) electrons. The summed E-state index contributed by atoms with van der Waals surface area (Å²) in [5.41, 5.74) is 0. The van der Waals surface area contributed by atoms with Gasteiger partial charge in [-0.1, -0.05) is 26.2 Å². The first-order valence-corrected chi connectivity index (χ1v) is 9.99. The van der Waals surface area contributed by atoms with E-state index in [-0.39, 0.29) is 29.5 Å². The number of amides is 2. The minimum atomic E-state index is -0.754. The van der Waals surface area contributed by atoms with E-state index in [0.29, 0.717) is 5.75 Å². The summed E-state index contributed by atoms with van der Waals surface area (Å²) >= 11 is 0. The molecule has 0 saturated heterocycles. The van der Waals surface area contributed by atoms with Crippen molar-refractivity contribution in [2.24, 2.45) is 0 Å². The maximum Gasteiger partial charge on any atom is 0.315 e. The fraction of sp³-hybridized carbons (Fsp3) is 0.938. The van der Waals surface area contributed by atoms with Crippen LogP contribution in [-0.2, 0) is 15.5 Å². The average molecular weight is 330 g/mol. The van der Waals surface area contributed by atoms with Gasteiger partial charge in [-0.15, -0.1) is 0 Å². The number of rotatable bonds is 5. The van der Waals surface area contributed by atoms with Crippen LogP contribution in [0.15, 0.2) is 0 Å². The molecular formula is C16H30N2O3S. The van der Waals surface area contributed by atoms with Gasteiger partial charge in [0.1, 0.15) is 0 Å². The molecule has 2 rings (SSSR count). The van der Waals surface area contributed by atoms with Crippen molar-refractivity contribution in [3.8, 4) is 0 Å². The molecule has 128 valence electrons. The van der Waals surface area contributed by atoms with Gasteiger partial charge in [0.15, 0.2) is 0 Å². The van der Waals surface area contributed by atoms with Crippen molar-refractivity contribution >= 4 is 16.8 Å². The molecule has 0 unspecified atom stereocenters. The second kappa shape index (κ2) is 8.87. The van der Waals surface area contributed by atoms with Crippen LogP contribution in [0.1, 0.15) is 58.3 Å². The van der Waals surface area contributed by atoms with Gasteiger partial charge in [-0.05, 0) is 32.1 Å². The first-order valence-electron chi connectivity index (χ1n) is 8.61. The minimum Gasteiger partial charge on any atom is -0.379 e. The summed E-state index contributed by atoms with van der Waals surface area (Å²) in [7, 11) is 0.963. The summed E-state index contributed by atoms with van der Waals surface area (Å²) in [5, 5.41) is 6.40. The Balaban J connectivity index is 1.79. The Hall–Kier alpha value is -0.620. The maximum absolute atomic E-state index is 12.2. The van der Waals surface area contributed by atoms with Crippen LogP contribution in [0.3, 0.4) is 0 Å². The van der Waals surface area contributed by atoms with Crippen LogP contribution in [-0.4, -0.2) is 46.5 Å². The minimum absolute atomic E-state index is 0.0955. The predicted octanol–water partition coefficient (Wildman–Crippen LogP) is 2.32. The molecule has 0 aromatic rings. The van der Waals surface area contributed by atoms with E-state index in [2.05, 4.69) is 10.6 Å². The Labute approximate surface area is 136 Å². The van der Waals surface area contributed by atoms with Crippen molar-refractivity contribution in [1.82, 2.24) is 10.6 Å². The number of urea groups is 1. The molecule has 2 aliphatic carbocycles. The molecule has 2 aliphatic rings. The predicted molar refractivity (Wildman–Crippen MR) is 89.4 cm³/mol. The summed E-state index contributed by atoms with van der Waals surface area (Å²) < 4.78 is 17.4. The smallest absolute Gasteiger partial charge is 0.315 e. The van der Waals surface area contributed by atoms with E-state index < -0.39 is 10.8 Å². The van der Waals surface area contributed by atoms with Gasteiger partial charge < -0.3 is 15.4 Å². The van der Waals surface area contributed by atoms with Crippen LogP contribution in [0.4, 0.5) is 4.79 Å². The standard InChI is InChI=1S/C16H30N2O3S/c1-3-22(20)13-8-6-7-12(11-13)17-16(19)18-14-9-4-5-10-15(14)21-2/h12-15H,3-11H2,1-2H3,(H2,17,18,19)/t12-,13+,14-,15+,22-/m0/s1. The lowest BCUT2D eigenvalue weighted by molar-refractivity contribution is 0.0450. The summed E-state index contributed by atoms with van der Waals surface area (Å²) in [6.07, 6.45) is 8.35. The molecule has 2 amide bonds. The first kappa shape index (κ1) is 17.7. The fourth-order valence-corrected chi connectivity index (χ4v) is 5.04. The number of carbonyl (C=O) groups excluding carboxylic acids is 1. The SMILES string of the molecule is CC[S@](=O)[C@@H]1CCC[C@H](NC(=O)N[C@H]2CCCC[C@H]2OC)C1. The van der Waals surface area contributed by atoms with Crippen molar-refractivity contribution in [3.63, 3.8) is 0 Å². The molecule has 5 nitrogen and oxygen atoms in total. The third-order valence-electron chi connectivity index (χ3n) is 4.94. The fourth-order valence-electron chi connectivity index (χ4n) is 3.69. The van der Waals surface area contributed by atoms with Crippen molar-refractivity contribution in [2.45, 2.75) is 81.7 Å². The maximum atomic E-state index is 12.2. The third-order valence-corrected chi connectivity index (χ3v) is 6.68. The lowest BCUT2D eigenvalue weighted by atomic mass is 9.92. The van der Waals surface area contributed by atoms with Gasteiger partial charge in [0.05, 0.1) is 12.1 Å². The molecule has 6 heteroatoms. The zero-order valence-electron chi connectivity index (χ0n) is 13.8. The van der Waals surface area contributed by atoms with Crippen LogP contribution in [0.25, 0.3) is 0 Å². The van der Waals surface area contributed by atoms with E-state index in [1.54, 1.807) is 7.11 Å². The third kappa shape index (κ3) is 4.95. The molecule has 0 spiro atoms. The summed E-state index contributed by atoms with van der Waals surface area (Å²) in [4.78, 5) is 12.2. The van der Waals surface area contributed by atoms with Crippen LogP contribution >= 0.6 is 0 Å². The van der Waals surface area contributed by atoms with E-state index in [9.17, 15) is 9.00 Å². The van der Waals surface area contributed by atoms with Gasteiger partial charge in [0, 0.05) is 35.0 Å². The molecule has 0 aromatic carbocycles. The second-order valence-electron chi connectivity index (χ2n) is 6.44. The highest BCUT2D eigenvalue weighted by Crippen LogP contribution is 2.23. The van der Waals surface area contributed by atoms with E-state index in [0.717, 1.165) is 44.9 Å². The monoisotopic (exact) mass is 330 g/mol. The molecule has 0 aromatic heterocycles. The molecule has 2 N–H and O–H groups in total. The van der Waals surface area contributed by atoms with Crippen molar-refractivity contribution in [3.05, 3.63) is 0 Å². The summed E-state index contributed by atoms with van der Waals surface area (Å²) in [5.74, 6) is 0.710. The van der Waals surface area contributed by atoms with E-state index in [1.165, 1.54) is 6.42 Å². The Kier molecular flexibility index (Phi) is 7.15. The second-order valence-corrected chi connectivity index (χ2v) is 8.44. The molecule has 0 bridgehead atoms. The average Bonchev–Trinajstić information content (AvgIpc) is 2.54. The molecule has 2 fully saturated rings. The normalized spacial score (nSPS) is 33.9. The topological polar surface area (TPSA) is 67.4 Å². The lowest BCUT2D eigenvalue weighted by Crippen LogP contribution is -2.52. The Morgan fingerprint density at radius 1 is 1.14 bits per heavy atom. The van der Waals surface area contributed by atoms with Crippen LogP contribution < -0.4 is 10.6 Å². The number of hydrogen-bond acceptors (Lipinski definition) is 3. The van der Waals surface area contributed by atoms with Crippen LogP contribution in [0, 0.1) is 0 Å². The quantitative estimate of drug-likeness (QED) is 0.813. The first-order chi connectivity index (χ1) is 10.6. The number of nitrogens with one attached hydrogen (secondary N) is 2. The number of carbonyl (C=O) groups is 1. The zero-order valence-corrected chi connectivity index (χ0v) is 14.6. The van der Waals surface area contributed by atoms with Crippen LogP contribution in [0.5, 0.6) is 0 Å². The van der Waals surface area contributed by atoms with Crippen molar-refractivity contribution in [1.29, 1.82) is 0 Å². The highest BCUT2D eigenvalue weighted by Gasteiger charge is 2.29. The molecule has 0 aliphatic heterocycles. The van der Waals surface area contributed by atoms with Gasteiger partial charge >= 0.3 is 6.03 Å². The van der Waals surface area contributed by atoms with Crippen molar-refractivity contribution < 1.29 is 13.7 Å². The van der Waals surface area contributed by atoms with Gasteiger partial charge in [0.2, 0.25) is 0 Å². The molecule has 2 saturated carbocycles. The zero-order chi connectivity index (χ0) is 15.9. The van der Waals surface area contributed by atoms with Gasteiger partial charge in [-0.25, -0.2) is 4.79 Å². The van der Waals surface area contributed by atoms with Crippen LogP contribution in [0.2, 0.25) is 0 Å². The molecule has 22 heavy (non-hydrogen) atoms. The van der Waals surface area contributed by atoms with Gasteiger partial charge in [0.25, 0.3) is 0 Å². The molecule has 0 heterocycles. The Morgan fingerprint density at radius 2 is 1.91 bits per heavy atom. The largest absolute Gasteiger partial charge is 0.379 e. The number of hydrogen-bond donors (Lipinski definition) is 2. The highest BCUT2D eigenvalue weighted by molar-refractivity contribution is 7.85.